The van der Waals surface area contributed by atoms with E-state index in [1.807, 2.05) is 18.2 Å². The number of methoxy groups -OCH3 is 1. The monoisotopic (exact) mass is 404 g/mol. The van der Waals surface area contributed by atoms with Gasteiger partial charge < -0.3 is 4.74 Å². The van der Waals surface area contributed by atoms with Gasteiger partial charge in [-0.05, 0) is 49.5 Å². The second kappa shape index (κ2) is 7.15. The minimum atomic E-state index is -0.373. The standard InChI is InChI=1S/C25H28N2O3/c1-24(2)12-13-25(3,4)22-21(24)26-18-11-10-17(20(28)19(18)27-22)14-15-6-8-16(9-7-15)23(29)30-5/h6-9,14H,10-13H2,1-5H3/b17-14+. The van der Waals surface area contributed by atoms with Crippen molar-refractivity contribution in [2.24, 2.45) is 0 Å². The summed E-state index contributed by atoms with van der Waals surface area (Å²) in [6.45, 7) is 8.82. The van der Waals surface area contributed by atoms with Gasteiger partial charge in [-0.15, -0.1) is 0 Å². The maximum atomic E-state index is 13.3. The molecule has 2 aromatic rings. The Morgan fingerprint density at radius 1 is 0.967 bits per heavy atom. The number of fused-ring (bicyclic) bond motifs is 2. The van der Waals surface area contributed by atoms with Crippen LogP contribution in [0.3, 0.4) is 0 Å². The molecule has 1 heterocycles. The number of hydrogen-bond acceptors (Lipinski definition) is 5. The third-order valence-corrected chi connectivity index (χ3v) is 6.44. The van der Waals surface area contributed by atoms with Gasteiger partial charge in [0.1, 0.15) is 5.69 Å². The van der Waals surface area contributed by atoms with Crippen LogP contribution in [-0.2, 0) is 22.0 Å². The Kier molecular flexibility index (Phi) is 4.88. The van der Waals surface area contributed by atoms with E-state index in [1.54, 1.807) is 12.1 Å². The molecule has 0 radical (unpaired) electrons. The van der Waals surface area contributed by atoms with Crippen molar-refractivity contribution in [2.75, 3.05) is 7.11 Å². The highest BCUT2D eigenvalue weighted by atomic mass is 16.5. The third-order valence-electron chi connectivity index (χ3n) is 6.44. The van der Waals surface area contributed by atoms with Crippen molar-refractivity contribution in [3.8, 4) is 0 Å². The van der Waals surface area contributed by atoms with E-state index in [0.717, 1.165) is 41.1 Å². The van der Waals surface area contributed by atoms with E-state index >= 15 is 0 Å². The summed E-state index contributed by atoms with van der Waals surface area (Å²) in [5.74, 6) is -0.412. The van der Waals surface area contributed by atoms with Gasteiger partial charge in [-0.3, -0.25) is 9.78 Å². The van der Waals surface area contributed by atoms with Crippen LogP contribution in [0, 0.1) is 0 Å². The molecule has 0 saturated heterocycles. The number of nitrogens with zero attached hydrogens (tertiary/aromatic N) is 2. The molecule has 4 rings (SSSR count). The first-order valence-corrected chi connectivity index (χ1v) is 10.5. The average Bonchev–Trinajstić information content (AvgIpc) is 2.73. The molecule has 30 heavy (non-hydrogen) atoms. The van der Waals surface area contributed by atoms with Gasteiger partial charge in [0, 0.05) is 16.4 Å². The second-order valence-electron chi connectivity index (χ2n) is 9.60. The summed E-state index contributed by atoms with van der Waals surface area (Å²) < 4.78 is 4.74. The number of ketones is 1. The predicted molar refractivity (Wildman–Crippen MR) is 116 cm³/mol. The SMILES string of the molecule is COC(=O)c1ccc(/C=C2\CCc3nc4c(nc3C2=O)C(C)(C)CCC4(C)C)cc1. The Morgan fingerprint density at radius 3 is 2.17 bits per heavy atom. The molecule has 0 saturated carbocycles. The summed E-state index contributed by atoms with van der Waals surface area (Å²) in [5, 5.41) is 0. The fourth-order valence-corrected chi connectivity index (χ4v) is 4.32. The number of carbonyl (C=O) groups is 2. The van der Waals surface area contributed by atoms with Crippen LogP contribution in [0.1, 0.15) is 90.4 Å². The van der Waals surface area contributed by atoms with Crippen LogP contribution >= 0.6 is 0 Å². The van der Waals surface area contributed by atoms with Crippen LogP contribution in [0.4, 0.5) is 0 Å². The number of Topliss-reactive ketones (excluding diaryl/α,β-unsaturated/α-hetero) is 1. The summed E-state index contributed by atoms with van der Waals surface area (Å²) >= 11 is 0. The van der Waals surface area contributed by atoms with Crippen molar-refractivity contribution < 1.29 is 14.3 Å². The lowest BCUT2D eigenvalue weighted by Crippen LogP contribution is -2.38. The number of hydrogen-bond donors (Lipinski definition) is 0. The van der Waals surface area contributed by atoms with Crippen molar-refractivity contribution in [3.63, 3.8) is 0 Å². The highest BCUT2D eigenvalue weighted by molar-refractivity contribution is 6.11. The summed E-state index contributed by atoms with van der Waals surface area (Å²) in [6, 6.07) is 7.07. The van der Waals surface area contributed by atoms with Crippen molar-refractivity contribution >= 4 is 17.8 Å². The van der Waals surface area contributed by atoms with Crippen LogP contribution in [0.5, 0.6) is 0 Å². The number of allylic oxidation sites excluding steroid dienone is 1. The number of ether oxygens (including phenoxy) is 1. The molecule has 0 amide bonds. The van der Waals surface area contributed by atoms with Gasteiger partial charge in [-0.2, -0.15) is 0 Å². The Labute approximate surface area is 177 Å². The minimum absolute atomic E-state index is 0.0204. The zero-order chi connectivity index (χ0) is 21.7. The topological polar surface area (TPSA) is 69.2 Å². The molecule has 5 nitrogen and oxygen atoms in total. The number of carbonyl (C=O) groups excluding carboxylic acids is 2. The van der Waals surface area contributed by atoms with Crippen molar-refractivity contribution in [2.45, 2.75) is 64.2 Å². The molecule has 0 aliphatic heterocycles. The zero-order valence-electron chi connectivity index (χ0n) is 18.3. The first-order valence-electron chi connectivity index (χ1n) is 10.5. The minimum Gasteiger partial charge on any atom is -0.465 e. The molecule has 0 atom stereocenters. The molecular weight excluding hydrogens is 376 g/mol. The molecule has 156 valence electrons. The van der Waals surface area contributed by atoms with E-state index in [2.05, 4.69) is 27.7 Å². The average molecular weight is 405 g/mol. The van der Waals surface area contributed by atoms with E-state index in [4.69, 9.17) is 14.7 Å². The van der Waals surface area contributed by atoms with Crippen LogP contribution in [0.25, 0.3) is 6.08 Å². The maximum Gasteiger partial charge on any atom is 0.337 e. The maximum absolute atomic E-state index is 13.3. The Hall–Kier alpha value is -2.82. The number of rotatable bonds is 2. The first kappa shape index (κ1) is 20.5. The van der Waals surface area contributed by atoms with Crippen molar-refractivity contribution in [1.82, 2.24) is 9.97 Å². The molecule has 0 unspecified atom stereocenters. The molecule has 5 heteroatoms. The van der Waals surface area contributed by atoms with Gasteiger partial charge in [0.15, 0.2) is 0 Å². The molecular formula is C25H28N2O3. The fourth-order valence-electron chi connectivity index (χ4n) is 4.32. The van der Waals surface area contributed by atoms with Gasteiger partial charge >= 0.3 is 5.97 Å². The van der Waals surface area contributed by atoms with Gasteiger partial charge in [0.25, 0.3) is 0 Å². The molecule has 1 aromatic heterocycles. The van der Waals surface area contributed by atoms with E-state index in [1.165, 1.54) is 7.11 Å². The van der Waals surface area contributed by atoms with Crippen molar-refractivity contribution in [1.29, 1.82) is 0 Å². The van der Waals surface area contributed by atoms with E-state index in [-0.39, 0.29) is 22.6 Å². The van der Waals surface area contributed by atoms with Gasteiger partial charge in [0.05, 0.1) is 29.8 Å². The molecule has 0 bridgehead atoms. The molecule has 1 aromatic carbocycles. The van der Waals surface area contributed by atoms with E-state index in [0.29, 0.717) is 24.1 Å². The van der Waals surface area contributed by atoms with Crippen LogP contribution in [0.15, 0.2) is 29.8 Å². The Bertz CT molecular complexity index is 1060. The lowest BCUT2D eigenvalue weighted by atomic mass is 9.67. The molecule has 2 aliphatic rings. The Balaban J connectivity index is 1.70. The number of benzene rings is 1. The third kappa shape index (κ3) is 3.47. The number of esters is 1. The summed E-state index contributed by atoms with van der Waals surface area (Å²) in [7, 11) is 1.36. The van der Waals surface area contributed by atoms with E-state index < -0.39 is 0 Å². The Morgan fingerprint density at radius 2 is 1.57 bits per heavy atom. The normalized spacial score (nSPS) is 20.4. The number of aromatic nitrogens is 2. The quantitative estimate of drug-likeness (QED) is 0.530. The van der Waals surface area contributed by atoms with Crippen LogP contribution in [-0.4, -0.2) is 28.8 Å². The summed E-state index contributed by atoms with van der Waals surface area (Å²) in [6.07, 6.45) is 5.35. The van der Waals surface area contributed by atoms with Crippen LogP contribution in [0.2, 0.25) is 0 Å². The predicted octanol–water partition coefficient (Wildman–Crippen LogP) is 4.82. The molecule has 0 N–H and O–H groups in total. The molecule has 2 aliphatic carbocycles. The van der Waals surface area contributed by atoms with Crippen molar-refractivity contribution in [3.05, 3.63) is 63.7 Å². The highest BCUT2D eigenvalue weighted by Crippen LogP contribution is 2.44. The molecule has 0 spiro atoms. The first-order chi connectivity index (χ1) is 14.1. The van der Waals surface area contributed by atoms with Crippen LogP contribution < -0.4 is 0 Å². The fraction of sp³-hybridized carbons (Fsp3) is 0.440. The highest BCUT2D eigenvalue weighted by Gasteiger charge is 2.41. The largest absolute Gasteiger partial charge is 0.465 e. The number of aryl methyl sites for hydroxylation is 1. The zero-order valence-corrected chi connectivity index (χ0v) is 18.3. The van der Waals surface area contributed by atoms with Gasteiger partial charge in [-0.1, -0.05) is 39.8 Å². The molecule has 0 fully saturated rings. The van der Waals surface area contributed by atoms with Gasteiger partial charge in [-0.25, -0.2) is 9.78 Å². The lowest BCUT2D eigenvalue weighted by Gasteiger charge is -2.40. The smallest absolute Gasteiger partial charge is 0.337 e. The van der Waals surface area contributed by atoms with E-state index in [9.17, 15) is 9.59 Å². The lowest BCUT2D eigenvalue weighted by molar-refractivity contribution is 0.0600. The second-order valence-corrected chi connectivity index (χ2v) is 9.60. The summed E-state index contributed by atoms with van der Waals surface area (Å²) in [5.41, 5.74) is 5.34. The summed E-state index contributed by atoms with van der Waals surface area (Å²) in [4.78, 5) is 34.8. The van der Waals surface area contributed by atoms with Gasteiger partial charge in [0.2, 0.25) is 5.78 Å².